The van der Waals surface area contributed by atoms with E-state index >= 15 is 0 Å². The Hall–Kier alpha value is -2.52. The van der Waals surface area contributed by atoms with Gasteiger partial charge in [0, 0.05) is 12.6 Å². The maximum Gasteiger partial charge on any atom is 0.490 e. The van der Waals surface area contributed by atoms with Gasteiger partial charge in [0.15, 0.2) is 0 Å². The highest BCUT2D eigenvalue weighted by molar-refractivity contribution is 7.66. The molecule has 0 aromatic heterocycles. The molecule has 19 heteroatoms. The van der Waals surface area contributed by atoms with Gasteiger partial charge in [0.1, 0.15) is 18.2 Å². The third-order valence-corrected chi connectivity index (χ3v) is 9.91. The van der Waals surface area contributed by atoms with Crippen LogP contribution in [-0.4, -0.2) is 67.1 Å². The summed E-state index contributed by atoms with van der Waals surface area (Å²) in [5.41, 5.74) is 3.13. The number of ether oxygens (including phenoxy) is 2. The Kier molecular flexibility index (Phi) is 10.6. The second kappa shape index (κ2) is 13.6. The molecule has 1 amide bonds. The van der Waals surface area contributed by atoms with Crippen LogP contribution in [0.1, 0.15) is 12.0 Å². The number of aliphatic hydroxyl groups excluding tert-OH is 1. The molecule has 6 N–H and O–H groups in total. The van der Waals surface area contributed by atoms with Crippen LogP contribution in [0.25, 0.3) is 11.1 Å². The Labute approximate surface area is 245 Å². The molecule has 2 aromatic rings. The van der Waals surface area contributed by atoms with Crippen molar-refractivity contribution in [3.05, 3.63) is 84.3 Å². The van der Waals surface area contributed by atoms with Crippen molar-refractivity contribution in [2.75, 3.05) is 13.2 Å². The molecule has 1 fully saturated rings. The molecule has 2 aromatic carbocycles. The maximum absolute atomic E-state index is 12.6. The fraction of sp³-hybridized carbons (Fsp3) is 0.292. The number of phosphoric acid groups is 3. The van der Waals surface area contributed by atoms with Gasteiger partial charge in [0.25, 0.3) is 5.91 Å². The van der Waals surface area contributed by atoms with E-state index in [-0.39, 0.29) is 31.0 Å². The molecule has 16 nitrogen and oxygen atoms in total. The summed E-state index contributed by atoms with van der Waals surface area (Å²) in [6.45, 7) is 3.07. The van der Waals surface area contributed by atoms with Gasteiger partial charge in [-0.1, -0.05) is 61.2 Å². The molecule has 0 aliphatic carbocycles. The van der Waals surface area contributed by atoms with Gasteiger partial charge in [-0.2, -0.15) is 8.62 Å². The Bertz CT molecular complexity index is 1510. The van der Waals surface area contributed by atoms with Gasteiger partial charge in [-0.3, -0.25) is 9.32 Å². The minimum Gasteiger partial charge on any atom is -0.390 e. The van der Waals surface area contributed by atoms with Crippen molar-refractivity contribution >= 4 is 29.4 Å². The van der Waals surface area contributed by atoms with E-state index in [1.807, 2.05) is 54.6 Å². The Morgan fingerprint density at radius 3 is 2.33 bits per heavy atom. The Morgan fingerprint density at radius 1 is 0.953 bits per heavy atom. The average Bonchev–Trinajstić information content (AvgIpc) is 3.27. The predicted octanol–water partition coefficient (Wildman–Crippen LogP) is 2.48. The molecule has 3 unspecified atom stereocenters. The van der Waals surface area contributed by atoms with Gasteiger partial charge in [0.05, 0.1) is 31.5 Å². The fourth-order valence-electron chi connectivity index (χ4n) is 4.26. The summed E-state index contributed by atoms with van der Waals surface area (Å²) in [5.74, 6) is -0.339. The van der Waals surface area contributed by atoms with E-state index in [0.717, 1.165) is 16.7 Å². The van der Waals surface area contributed by atoms with E-state index in [0.29, 0.717) is 0 Å². The quantitative estimate of drug-likeness (QED) is 0.169. The lowest BCUT2D eigenvalue weighted by atomic mass is 10.0. The zero-order valence-electron chi connectivity index (χ0n) is 22.2. The molecule has 2 heterocycles. The normalized spacial score (nSPS) is 23.8. The Morgan fingerprint density at radius 2 is 1.63 bits per heavy atom. The van der Waals surface area contributed by atoms with Gasteiger partial charge >= 0.3 is 23.5 Å². The lowest BCUT2D eigenvalue weighted by molar-refractivity contribution is -0.119. The van der Waals surface area contributed by atoms with Crippen LogP contribution >= 0.6 is 23.5 Å². The van der Waals surface area contributed by atoms with Crippen LogP contribution in [0.4, 0.5) is 0 Å². The second-order valence-corrected chi connectivity index (χ2v) is 13.7. The largest absolute Gasteiger partial charge is 0.490 e. The zero-order chi connectivity index (χ0) is 31.4. The van der Waals surface area contributed by atoms with E-state index in [1.54, 1.807) is 0 Å². The van der Waals surface area contributed by atoms with E-state index in [4.69, 9.17) is 19.3 Å². The standard InChI is InChI=1S/C24H29N2O14P3/c1-16-25-24(28)19(14-36-13-18-9-5-6-10-20(18)17-7-3-2-4-8-17)12-26(16)23-11-21(27)22(38-23)15-37-42(32,33)40-43(34,35)39-41(29,30)31/h2-10,12,21-23,27H,1,11,13-15H2,(H,25,28)(H,32,33)(H,34,35)(H2,29,30,31)/t21?,22-,23-/m1/s1. The van der Waals surface area contributed by atoms with Crippen molar-refractivity contribution in [1.82, 2.24) is 10.2 Å². The number of carbonyl (C=O) groups is 1. The highest BCUT2D eigenvalue weighted by Crippen LogP contribution is 2.66. The van der Waals surface area contributed by atoms with Crippen LogP contribution < -0.4 is 5.32 Å². The highest BCUT2D eigenvalue weighted by atomic mass is 31.3. The predicted molar refractivity (Wildman–Crippen MR) is 148 cm³/mol. The summed E-state index contributed by atoms with van der Waals surface area (Å²) in [4.78, 5) is 50.2. The lowest BCUT2D eigenvalue weighted by Gasteiger charge is -2.33. The van der Waals surface area contributed by atoms with Crippen LogP contribution in [-0.2, 0) is 47.7 Å². The minimum atomic E-state index is -5.70. The van der Waals surface area contributed by atoms with Crippen LogP contribution in [0.5, 0.6) is 0 Å². The highest BCUT2D eigenvalue weighted by Gasteiger charge is 2.44. The summed E-state index contributed by atoms with van der Waals surface area (Å²) < 4.78 is 57.7. The number of nitrogens with zero attached hydrogens (tertiary/aromatic N) is 1. The van der Waals surface area contributed by atoms with E-state index in [1.165, 1.54) is 11.1 Å². The number of carbonyl (C=O) groups excluding carboxylic acids is 1. The van der Waals surface area contributed by atoms with Gasteiger partial charge in [-0.05, 0) is 16.7 Å². The van der Waals surface area contributed by atoms with Crippen molar-refractivity contribution in [2.24, 2.45) is 0 Å². The first kappa shape index (κ1) is 33.4. The average molecular weight is 662 g/mol. The van der Waals surface area contributed by atoms with E-state index in [9.17, 15) is 33.4 Å². The first-order valence-corrected chi connectivity index (χ1v) is 17.0. The summed E-state index contributed by atoms with van der Waals surface area (Å²) in [6.07, 6.45) is -2.10. The number of phosphoric ester groups is 1. The number of hydrogen-bond acceptors (Lipinski definition) is 11. The third-order valence-electron chi connectivity index (χ3n) is 6.11. The number of aliphatic hydroxyl groups is 1. The molecule has 4 rings (SSSR count). The van der Waals surface area contributed by atoms with Crippen molar-refractivity contribution in [3.8, 4) is 11.1 Å². The molecular formula is C24H29N2O14P3. The van der Waals surface area contributed by atoms with Crippen molar-refractivity contribution in [1.29, 1.82) is 0 Å². The topological polar surface area (TPSA) is 231 Å². The first-order chi connectivity index (χ1) is 20.1. The molecule has 234 valence electrons. The number of nitrogens with one attached hydrogen (secondary N) is 1. The van der Waals surface area contributed by atoms with Crippen LogP contribution in [0.15, 0.2) is 78.8 Å². The summed E-state index contributed by atoms with van der Waals surface area (Å²) in [5, 5.41) is 13.0. The van der Waals surface area contributed by atoms with Crippen molar-refractivity contribution in [2.45, 2.75) is 31.5 Å². The molecule has 1 saturated heterocycles. The molecule has 0 spiro atoms. The van der Waals surface area contributed by atoms with E-state index in [2.05, 4.69) is 25.0 Å². The number of amides is 1. The number of benzene rings is 2. The van der Waals surface area contributed by atoms with Crippen LogP contribution in [0.2, 0.25) is 0 Å². The van der Waals surface area contributed by atoms with Crippen LogP contribution in [0.3, 0.4) is 0 Å². The zero-order valence-corrected chi connectivity index (χ0v) is 24.9. The number of rotatable bonds is 13. The monoisotopic (exact) mass is 662 g/mol. The molecule has 0 bridgehead atoms. The smallest absolute Gasteiger partial charge is 0.390 e. The maximum atomic E-state index is 12.6. The van der Waals surface area contributed by atoms with Gasteiger partial charge < -0.3 is 44.4 Å². The molecule has 0 radical (unpaired) electrons. The number of hydrogen-bond donors (Lipinski definition) is 6. The van der Waals surface area contributed by atoms with Crippen LogP contribution in [0, 0.1) is 0 Å². The van der Waals surface area contributed by atoms with Gasteiger partial charge in [-0.15, -0.1) is 0 Å². The summed E-state index contributed by atoms with van der Waals surface area (Å²) in [6, 6.07) is 17.4. The van der Waals surface area contributed by atoms with Crippen molar-refractivity contribution < 1.29 is 65.8 Å². The third kappa shape index (κ3) is 9.48. The van der Waals surface area contributed by atoms with Gasteiger partial charge in [-0.25, -0.2) is 13.7 Å². The lowest BCUT2D eigenvalue weighted by Crippen LogP contribution is -2.43. The first-order valence-electron chi connectivity index (χ1n) is 12.4. The second-order valence-electron chi connectivity index (χ2n) is 9.30. The fourth-order valence-corrected chi connectivity index (χ4v) is 7.29. The summed E-state index contributed by atoms with van der Waals surface area (Å²) in [7, 11) is -16.7. The van der Waals surface area contributed by atoms with E-state index < -0.39 is 54.4 Å². The molecule has 43 heavy (non-hydrogen) atoms. The minimum absolute atomic E-state index is 0.0750. The Balaban J connectivity index is 1.36. The molecule has 2 aliphatic heterocycles. The molecule has 0 saturated carbocycles. The molecular weight excluding hydrogens is 633 g/mol. The van der Waals surface area contributed by atoms with Crippen molar-refractivity contribution in [3.63, 3.8) is 0 Å². The molecule has 2 aliphatic rings. The van der Waals surface area contributed by atoms with Gasteiger partial charge in [0.2, 0.25) is 0 Å². The SMILES string of the molecule is C=C1NC(=O)C(COCc2ccccc2-c2ccccc2)=CN1[C@H]1CC(O)[C@@H](COP(=O)(O)OP(=O)(O)OP(=O)(O)O)O1. The summed E-state index contributed by atoms with van der Waals surface area (Å²) >= 11 is 0. The molecule has 5 atom stereocenters.